The van der Waals surface area contributed by atoms with Crippen molar-refractivity contribution >= 4 is 11.7 Å². The fourth-order valence-corrected chi connectivity index (χ4v) is 3.34. The van der Waals surface area contributed by atoms with Crippen molar-refractivity contribution in [3.05, 3.63) is 54.1 Å². The number of ether oxygens (including phenoxy) is 3. The van der Waals surface area contributed by atoms with Crippen molar-refractivity contribution in [3.63, 3.8) is 0 Å². The van der Waals surface area contributed by atoms with Gasteiger partial charge >= 0.3 is 6.03 Å². The van der Waals surface area contributed by atoms with Gasteiger partial charge in [-0.3, -0.25) is 0 Å². The van der Waals surface area contributed by atoms with Gasteiger partial charge in [0.2, 0.25) is 0 Å². The summed E-state index contributed by atoms with van der Waals surface area (Å²) in [6.07, 6.45) is 1.89. The van der Waals surface area contributed by atoms with E-state index in [2.05, 4.69) is 17.4 Å². The molecule has 0 aromatic heterocycles. The summed E-state index contributed by atoms with van der Waals surface area (Å²) < 4.78 is 17.1. The Labute approximate surface area is 159 Å². The number of benzene rings is 2. The highest BCUT2D eigenvalue weighted by molar-refractivity contribution is 5.89. The number of urea groups is 1. The Bertz CT molecular complexity index is 773. The Morgan fingerprint density at radius 3 is 2.56 bits per heavy atom. The highest BCUT2D eigenvalue weighted by Crippen LogP contribution is 2.32. The SMILES string of the molecule is O=C(Nc1ccc2c(c1)OCCO2)N1CCC(OCc2ccccc2)CC1. The summed E-state index contributed by atoms with van der Waals surface area (Å²) in [7, 11) is 0. The Kier molecular flexibility index (Phi) is 5.44. The maximum atomic E-state index is 12.5. The fourth-order valence-electron chi connectivity index (χ4n) is 3.34. The highest BCUT2D eigenvalue weighted by atomic mass is 16.6. The monoisotopic (exact) mass is 368 g/mol. The lowest BCUT2D eigenvalue weighted by atomic mass is 10.1. The standard InChI is InChI=1S/C21H24N2O4/c24-21(22-17-6-7-19-20(14-17)26-13-12-25-19)23-10-8-18(9-11-23)27-15-16-4-2-1-3-5-16/h1-7,14,18H,8-13,15H2,(H,22,24). The number of amides is 2. The molecular weight excluding hydrogens is 344 g/mol. The minimum Gasteiger partial charge on any atom is -0.486 e. The van der Waals surface area contributed by atoms with E-state index in [0.29, 0.717) is 44.3 Å². The molecule has 0 spiro atoms. The molecule has 0 unspecified atom stereocenters. The first-order chi connectivity index (χ1) is 13.3. The molecule has 0 aliphatic carbocycles. The number of anilines is 1. The molecule has 4 rings (SSSR count). The van der Waals surface area contributed by atoms with E-state index < -0.39 is 0 Å². The first-order valence-electron chi connectivity index (χ1n) is 9.39. The summed E-state index contributed by atoms with van der Waals surface area (Å²) >= 11 is 0. The second-order valence-electron chi connectivity index (χ2n) is 6.77. The van der Waals surface area contributed by atoms with Gasteiger partial charge in [0, 0.05) is 24.8 Å². The number of hydrogen-bond acceptors (Lipinski definition) is 4. The van der Waals surface area contributed by atoms with E-state index in [4.69, 9.17) is 14.2 Å². The molecule has 2 amide bonds. The summed E-state index contributed by atoms with van der Waals surface area (Å²) in [5, 5.41) is 2.95. The van der Waals surface area contributed by atoms with Gasteiger partial charge in [-0.2, -0.15) is 0 Å². The molecule has 0 atom stereocenters. The third-order valence-corrected chi connectivity index (χ3v) is 4.85. The van der Waals surface area contributed by atoms with Crippen molar-refractivity contribution in [1.29, 1.82) is 0 Å². The van der Waals surface area contributed by atoms with Crippen LogP contribution < -0.4 is 14.8 Å². The second kappa shape index (κ2) is 8.31. The van der Waals surface area contributed by atoms with Crippen LogP contribution >= 0.6 is 0 Å². The summed E-state index contributed by atoms with van der Waals surface area (Å²) in [6.45, 7) is 3.08. The highest BCUT2D eigenvalue weighted by Gasteiger charge is 2.23. The van der Waals surface area contributed by atoms with Crippen LogP contribution in [0.25, 0.3) is 0 Å². The summed E-state index contributed by atoms with van der Waals surface area (Å²) in [4.78, 5) is 14.4. The quantitative estimate of drug-likeness (QED) is 0.895. The van der Waals surface area contributed by atoms with Gasteiger partial charge in [-0.05, 0) is 30.5 Å². The predicted octanol–water partition coefficient (Wildman–Crippen LogP) is 3.67. The van der Waals surface area contributed by atoms with Crippen LogP contribution in [-0.4, -0.2) is 43.3 Å². The van der Waals surface area contributed by atoms with Crippen molar-refractivity contribution in [2.75, 3.05) is 31.6 Å². The van der Waals surface area contributed by atoms with Gasteiger partial charge in [-0.1, -0.05) is 30.3 Å². The van der Waals surface area contributed by atoms with Crippen molar-refractivity contribution in [3.8, 4) is 11.5 Å². The van der Waals surface area contributed by atoms with Gasteiger partial charge in [0.25, 0.3) is 0 Å². The number of fused-ring (bicyclic) bond motifs is 1. The van der Waals surface area contributed by atoms with Gasteiger partial charge in [0.15, 0.2) is 11.5 Å². The van der Waals surface area contributed by atoms with Gasteiger partial charge in [-0.25, -0.2) is 4.79 Å². The molecule has 2 aliphatic heterocycles. The molecule has 0 radical (unpaired) electrons. The van der Waals surface area contributed by atoms with Crippen LogP contribution in [0.1, 0.15) is 18.4 Å². The molecule has 2 aliphatic rings. The Balaban J connectivity index is 1.25. The molecule has 1 N–H and O–H groups in total. The van der Waals surface area contributed by atoms with E-state index in [1.165, 1.54) is 5.56 Å². The van der Waals surface area contributed by atoms with Gasteiger partial charge in [0.05, 0.1) is 12.7 Å². The maximum Gasteiger partial charge on any atom is 0.321 e. The van der Waals surface area contributed by atoms with Crippen molar-refractivity contribution < 1.29 is 19.0 Å². The van der Waals surface area contributed by atoms with Crippen LogP contribution in [-0.2, 0) is 11.3 Å². The Hall–Kier alpha value is -2.73. The third kappa shape index (κ3) is 4.52. The van der Waals surface area contributed by atoms with Gasteiger partial charge in [-0.15, -0.1) is 0 Å². The van der Waals surface area contributed by atoms with Crippen LogP contribution in [0.4, 0.5) is 10.5 Å². The first kappa shape index (κ1) is 17.7. The normalized spacial score (nSPS) is 16.8. The zero-order valence-electron chi connectivity index (χ0n) is 15.2. The third-order valence-electron chi connectivity index (χ3n) is 4.85. The zero-order valence-corrected chi connectivity index (χ0v) is 15.2. The number of likely N-dealkylation sites (tertiary alicyclic amines) is 1. The van der Waals surface area contributed by atoms with Crippen LogP contribution in [0.5, 0.6) is 11.5 Å². The zero-order chi connectivity index (χ0) is 18.5. The molecule has 6 heteroatoms. The van der Waals surface area contributed by atoms with Gasteiger partial charge < -0.3 is 24.4 Å². The number of rotatable bonds is 4. The molecule has 0 saturated carbocycles. The largest absolute Gasteiger partial charge is 0.486 e. The van der Waals surface area contributed by atoms with E-state index in [9.17, 15) is 4.79 Å². The van der Waals surface area contributed by atoms with Crippen LogP contribution in [0.15, 0.2) is 48.5 Å². The van der Waals surface area contributed by atoms with Crippen LogP contribution in [0.2, 0.25) is 0 Å². The number of carbonyl (C=O) groups is 1. The van der Waals surface area contributed by atoms with Gasteiger partial charge in [0.1, 0.15) is 13.2 Å². The minimum atomic E-state index is -0.0896. The molecule has 27 heavy (non-hydrogen) atoms. The number of carbonyl (C=O) groups excluding carboxylic acids is 1. The lowest BCUT2D eigenvalue weighted by molar-refractivity contribution is 0.00540. The smallest absolute Gasteiger partial charge is 0.321 e. The number of piperidine rings is 1. The van der Waals surface area contributed by atoms with Crippen molar-refractivity contribution in [2.24, 2.45) is 0 Å². The Morgan fingerprint density at radius 2 is 1.78 bits per heavy atom. The Morgan fingerprint density at radius 1 is 1.04 bits per heavy atom. The molecule has 2 aromatic carbocycles. The summed E-state index contributed by atoms with van der Waals surface area (Å²) in [5.74, 6) is 1.39. The topological polar surface area (TPSA) is 60.0 Å². The van der Waals surface area contributed by atoms with Crippen molar-refractivity contribution in [2.45, 2.75) is 25.6 Å². The summed E-state index contributed by atoms with van der Waals surface area (Å²) in [5.41, 5.74) is 1.89. The number of nitrogens with zero attached hydrogens (tertiary/aromatic N) is 1. The molecule has 1 saturated heterocycles. The average Bonchev–Trinajstić information content (AvgIpc) is 2.73. The molecule has 2 heterocycles. The minimum absolute atomic E-state index is 0.0896. The fraction of sp³-hybridized carbons (Fsp3) is 0.381. The molecule has 0 bridgehead atoms. The lowest BCUT2D eigenvalue weighted by Gasteiger charge is -2.32. The lowest BCUT2D eigenvalue weighted by Crippen LogP contribution is -2.43. The average molecular weight is 368 g/mol. The van der Waals surface area contributed by atoms with E-state index in [1.54, 1.807) is 0 Å². The second-order valence-corrected chi connectivity index (χ2v) is 6.77. The van der Waals surface area contributed by atoms with Crippen molar-refractivity contribution in [1.82, 2.24) is 4.90 Å². The first-order valence-corrected chi connectivity index (χ1v) is 9.39. The molecular formula is C21H24N2O4. The molecule has 142 valence electrons. The summed E-state index contributed by atoms with van der Waals surface area (Å²) in [6, 6.07) is 15.5. The van der Waals surface area contributed by atoms with Crippen LogP contribution in [0, 0.1) is 0 Å². The van der Waals surface area contributed by atoms with Crippen LogP contribution in [0.3, 0.4) is 0 Å². The van der Waals surface area contributed by atoms with E-state index >= 15 is 0 Å². The predicted molar refractivity (Wildman–Crippen MR) is 102 cm³/mol. The van der Waals surface area contributed by atoms with E-state index in [-0.39, 0.29) is 12.1 Å². The molecule has 1 fully saturated rings. The van der Waals surface area contributed by atoms with E-state index in [0.717, 1.165) is 18.6 Å². The van der Waals surface area contributed by atoms with E-state index in [1.807, 2.05) is 41.3 Å². The number of hydrogen-bond donors (Lipinski definition) is 1. The molecule has 6 nitrogen and oxygen atoms in total. The number of nitrogens with one attached hydrogen (secondary N) is 1. The molecule has 2 aromatic rings. The maximum absolute atomic E-state index is 12.5.